The summed E-state index contributed by atoms with van der Waals surface area (Å²) in [5, 5.41) is 0.136. The highest BCUT2D eigenvalue weighted by atomic mass is 35.5. The van der Waals surface area contributed by atoms with Gasteiger partial charge in [-0.3, -0.25) is 0 Å². The summed E-state index contributed by atoms with van der Waals surface area (Å²) in [7, 11) is -2.63. The second kappa shape index (κ2) is 8.20. The van der Waals surface area contributed by atoms with Crippen molar-refractivity contribution in [3.63, 3.8) is 0 Å². The van der Waals surface area contributed by atoms with Crippen molar-refractivity contribution in [1.29, 1.82) is 0 Å². The Hall–Kier alpha value is -1.89. The van der Waals surface area contributed by atoms with Gasteiger partial charge in [-0.15, -0.1) is 0 Å². The fourth-order valence-corrected chi connectivity index (χ4v) is 4.30. The first-order valence-corrected chi connectivity index (χ1v) is 10.0. The molecule has 0 radical (unpaired) electrons. The summed E-state index contributed by atoms with van der Waals surface area (Å²) in [6.45, 7) is 5.86. The van der Waals surface area contributed by atoms with Crippen molar-refractivity contribution in [2.24, 2.45) is 0 Å². The van der Waals surface area contributed by atoms with E-state index in [-0.39, 0.29) is 21.5 Å². The molecule has 1 atom stereocenters. The number of methoxy groups -OCH3 is 1. The number of ether oxygens (including phenoxy) is 1. The van der Waals surface area contributed by atoms with E-state index in [0.29, 0.717) is 6.42 Å². The van der Waals surface area contributed by atoms with Crippen LogP contribution < -0.4 is 4.72 Å². The van der Waals surface area contributed by atoms with Gasteiger partial charge < -0.3 is 4.74 Å². The molecule has 0 spiro atoms. The SMILES string of the molecule is CC[C@@H](NS(=O)(=O)c1ccc(Cl)c(C(=O)OC)c1)c1ccc(C)cc1C. The van der Waals surface area contributed by atoms with E-state index in [1.165, 1.54) is 25.3 Å². The zero-order valence-electron chi connectivity index (χ0n) is 15.2. The molecule has 0 saturated heterocycles. The Labute approximate surface area is 159 Å². The van der Waals surface area contributed by atoms with Crippen LogP contribution in [0.15, 0.2) is 41.3 Å². The average molecular weight is 396 g/mol. The van der Waals surface area contributed by atoms with Crippen molar-refractivity contribution in [3.05, 3.63) is 63.7 Å². The lowest BCUT2D eigenvalue weighted by Gasteiger charge is -2.20. The Balaban J connectivity index is 2.39. The summed E-state index contributed by atoms with van der Waals surface area (Å²) in [6.07, 6.45) is 0.584. The van der Waals surface area contributed by atoms with Gasteiger partial charge in [0.05, 0.1) is 22.6 Å². The number of sulfonamides is 1. The molecule has 0 amide bonds. The summed E-state index contributed by atoms with van der Waals surface area (Å²) in [4.78, 5) is 11.7. The summed E-state index contributed by atoms with van der Waals surface area (Å²) < 4.78 is 33.0. The lowest BCUT2D eigenvalue weighted by molar-refractivity contribution is 0.0600. The first kappa shape index (κ1) is 20.4. The molecule has 2 rings (SSSR count). The molecule has 0 fully saturated rings. The quantitative estimate of drug-likeness (QED) is 0.745. The summed E-state index contributed by atoms with van der Waals surface area (Å²) in [5.74, 6) is -0.687. The van der Waals surface area contributed by atoms with E-state index in [1.54, 1.807) is 0 Å². The van der Waals surface area contributed by atoms with Gasteiger partial charge in [0.15, 0.2) is 0 Å². The number of nitrogens with one attached hydrogen (secondary N) is 1. The number of carbonyl (C=O) groups excluding carboxylic acids is 1. The van der Waals surface area contributed by atoms with Crippen LogP contribution in [0, 0.1) is 13.8 Å². The van der Waals surface area contributed by atoms with Crippen molar-refractivity contribution < 1.29 is 17.9 Å². The molecule has 7 heteroatoms. The number of hydrogen-bond acceptors (Lipinski definition) is 4. The largest absolute Gasteiger partial charge is 0.465 e. The second-order valence-corrected chi connectivity index (χ2v) is 8.20. The van der Waals surface area contributed by atoms with Crippen LogP contribution in [0.4, 0.5) is 0 Å². The molecule has 0 saturated carbocycles. The Morgan fingerprint density at radius 3 is 2.46 bits per heavy atom. The monoisotopic (exact) mass is 395 g/mol. The number of halogens is 1. The maximum atomic E-state index is 12.8. The third-order valence-electron chi connectivity index (χ3n) is 4.16. The molecule has 1 N–H and O–H groups in total. The molecule has 0 bridgehead atoms. The average Bonchev–Trinajstić information content (AvgIpc) is 2.59. The summed E-state index contributed by atoms with van der Waals surface area (Å²) in [6, 6.07) is 9.50. The van der Waals surface area contributed by atoms with E-state index >= 15 is 0 Å². The molecule has 0 aliphatic heterocycles. The fourth-order valence-electron chi connectivity index (χ4n) is 2.78. The van der Waals surface area contributed by atoms with E-state index in [4.69, 9.17) is 11.6 Å². The maximum Gasteiger partial charge on any atom is 0.339 e. The van der Waals surface area contributed by atoms with Crippen molar-refractivity contribution in [2.75, 3.05) is 7.11 Å². The van der Waals surface area contributed by atoms with Gasteiger partial charge in [0.2, 0.25) is 10.0 Å². The molecule has 0 heterocycles. The number of aryl methyl sites for hydroxylation is 2. The first-order chi connectivity index (χ1) is 12.2. The Morgan fingerprint density at radius 1 is 1.19 bits per heavy atom. The zero-order valence-corrected chi connectivity index (χ0v) is 16.7. The number of rotatable bonds is 6. The van der Waals surface area contributed by atoms with E-state index < -0.39 is 16.0 Å². The van der Waals surface area contributed by atoms with Gasteiger partial charge in [0.1, 0.15) is 0 Å². The Bertz CT molecular complexity index is 925. The number of hydrogen-bond donors (Lipinski definition) is 1. The van der Waals surface area contributed by atoms with Gasteiger partial charge in [-0.1, -0.05) is 42.3 Å². The molecule has 0 aliphatic rings. The molecular weight excluding hydrogens is 374 g/mol. The molecule has 26 heavy (non-hydrogen) atoms. The molecule has 5 nitrogen and oxygen atoms in total. The summed E-state index contributed by atoms with van der Waals surface area (Å²) >= 11 is 5.97. The lowest BCUT2D eigenvalue weighted by Crippen LogP contribution is -2.29. The first-order valence-electron chi connectivity index (χ1n) is 8.17. The van der Waals surface area contributed by atoms with Crippen molar-refractivity contribution in [2.45, 2.75) is 38.1 Å². The Morgan fingerprint density at radius 2 is 1.88 bits per heavy atom. The van der Waals surface area contributed by atoms with E-state index in [0.717, 1.165) is 16.7 Å². The van der Waals surface area contributed by atoms with Gasteiger partial charge in [0, 0.05) is 6.04 Å². The van der Waals surface area contributed by atoms with Crippen LogP contribution in [0.3, 0.4) is 0 Å². The minimum absolute atomic E-state index is 0.0107. The number of carbonyl (C=O) groups is 1. The number of benzene rings is 2. The number of esters is 1. The Kier molecular flexibility index (Phi) is 6.44. The lowest BCUT2D eigenvalue weighted by atomic mass is 9.98. The zero-order chi connectivity index (χ0) is 19.5. The molecule has 0 aromatic heterocycles. The van der Waals surface area contributed by atoms with Crippen molar-refractivity contribution in [1.82, 2.24) is 4.72 Å². The molecule has 140 valence electrons. The van der Waals surface area contributed by atoms with Crippen LogP contribution in [0.1, 0.15) is 46.4 Å². The van der Waals surface area contributed by atoms with E-state index in [9.17, 15) is 13.2 Å². The van der Waals surface area contributed by atoms with Gasteiger partial charge in [-0.05, 0) is 49.6 Å². The van der Waals surface area contributed by atoms with Gasteiger partial charge in [-0.25, -0.2) is 17.9 Å². The summed E-state index contributed by atoms with van der Waals surface area (Å²) in [5.41, 5.74) is 3.07. The minimum Gasteiger partial charge on any atom is -0.465 e. The van der Waals surface area contributed by atoms with Gasteiger partial charge >= 0.3 is 5.97 Å². The topological polar surface area (TPSA) is 72.5 Å². The smallest absolute Gasteiger partial charge is 0.339 e. The van der Waals surface area contributed by atoms with Crippen LogP contribution in [-0.4, -0.2) is 21.5 Å². The normalized spacial score (nSPS) is 12.7. The third-order valence-corrected chi connectivity index (χ3v) is 5.96. The van der Waals surface area contributed by atoms with Gasteiger partial charge in [0.25, 0.3) is 0 Å². The highest BCUT2D eigenvalue weighted by Crippen LogP contribution is 2.26. The molecule has 0 aliphatic carbocycles. The van der Waals surface area contributed by atoms with Crippen LogP contribution in [0.25, 0.3) is 0 Å². The third kappa shape index (κ3) is 4.44. The minimum atomic E-state index is -3.84. The van der Waals surface area contributed by atoms with Crippen molar-refractivity contribution >= 4 is 27.6 Å². The van der Waals surface area contributed by atoms with Crippen LogP contribution in [0.2, 0.25) is 5.02 Å². The highest BCUT2D eigenvalue weighted by Gasteiger charge is 2.23. The molecular formula is C19H22ClNO4S. The standard InChI is InChI=1S/C19H22ClNO4S/c1-5-18(15-8-6-12(2)10-13(15)3)21-26(23,24)14-7-9-17(20)16(11-14)19(22)25-4/h6-11,18,21H,5H2,1-4H3/t18-/m1/s1. The van der Waals surface area contributed by atoms with E-state index in [1.807, 2.05) is 39.0 Å². The van der Waals surface area contributed by atoms with Crippen molar-refractivity contribution in [3.8, 4) is 0 Å². The molecule has 0 unspecified atom stereocenters. The van der Waals surface area contributed by atoms with Crippen LogP contribution >= 0.6 is 11.6 Å². The van der Waals surface area contributed by atoms with Crippen LogP contribution in [0.5, 0.6) is 0 Å². The maximum absolute atomic E-state index is 12.8. The van der Waals surface area contributed by atoms with Crippen LogP contribution in [-0.2, 0) is 14.8 Å². The fraction of sp³-hybridized carbons (Fsp3) is 0.316. The predicted molar refractivity (Wildman–Crippen MR) is 102 cm³/mol. The highest BCUT2D eigenvalue weighted by molar-refractivity contribution is 7.89. The molecule has 2 aromatic rings. The molecule has 2 aromatic carbocycles. The van der Waals surface area contributed by atoms with E-state index in [2.05, 4.69) is 9.46 Å². The predicted octanol–water partition coefficient (Wildman–Crippen LogP) is 4.17. The second-order valence-electron chi connectivity index (χ2n) is 6.08. The van der Waals surface area contributed by atoms with Gasteiger partial charge in [-0.2, -0.15) is 0 Å².